The predicted octanol–water partition coefficient (Wildman–Crippen LogP) is 2.19. The summed E-state index contributed by atoms with van der Waals surface area (Å²) in [5.74, 6) is 0.00194. The zero-order valence-electron chi connectivity index (χ0n) is 12.5. The minimum atomic E-state index is -4.11. The zero-order chi connectivity index (χ0) is 16.7. The molecule has 0 aromatic carbocycles. The van der Waals surface area contributed by atoms with Crippen molar-refractivity contribution in [2.45, 2.75) is 12.7 Å². The van der Waals surface area contributed by atoms with Crippen LogP contribution in [0.3, 0.4) is 0 Å². The normalized spacial score (nSPS) is 16.5. The number of fused-ring (bicyclic) bond motifs is 1. The molecule has 0 saturated carbocycles. The Kier molecular flexibility index (Phi) is 3.41. The number of nitrogens with one attached hydrogen (secondary N) is 2. The van der Waals surface area contributed by atoms with E-state index in [1.165, 1.54) is 0 Å². The fourth-order valence-electron chi connectivity index (χ4n) is 2.72. The van der Waals surface area contributed by atoms with Crippen molar-refractivity contribution in [2.24, 2.45) is 5.92 Å². The van der Waals surface area contributed by atoms with Crippen LogP contribution in [0.4, 0.5) is 24.9 Å². The highest BCUT2D eigenvalue weighted by molar-refractivity contribution is 5.53. The first-order valence-electron chi connectivity index (χ1n) is 7.37. The summed E-state index contributed by atoms with van der Waals surface area (Å²) in [6.45, 7) is 0.432. The lowest BCUT2D eigenvalue weighted by Gasteiger charge is -2.39. The van der Waals surface area contributed by atoms with Crippen LogP contribution in [0.15, 0.2) is 30.7 Å². The summed E-state index contributed by atoms with van der Waals surface area (Å²) >= 11 is 0. The van der Waals surface area contributed by atoms with E-state index in [-0.39, 0.29) is 13.1 Å². The molecule has 10 heteroatoms. The fraction of sp³-hybridized carbons (Fsp3) is 0.357. The molecule has 0 atom stereocenters. The summed E-state index contributed by atoms with van der Waals surface area (Å²) in [6, 6.07) is 3.51. The van der Waals surface area contributed by atoms with Gasteiger partial charge in [0.1, 0.15) is 11.5 Å². The molecule has 0 radical (unpaired) electrons. The van der Waals surface area contributed by atoms with Gasteiger partial charge in [-0.05, 0) is 6.07 Å². The van der Waals surface area contributed by atoms with Gasteiger partial charge in [-0.1, -0.05) is 0 Å². The highest BCUT2D eigenvalue weighted by atomic mass is 19.4. The first-order valence-corrected chi connectivity index (χ1v) is 7.37. The number of H-pyrrole nitrogens is 1. The molecule has 4 rings (SSSR count). The third kappa shape index (κ3) is 2.80. The molecule has 4 heterocycles. The van der Waals surface area contributed by atoms with Crippen molar-refractivity contribution in [1.82, 2.24) is 29.5 Å². The first-order chi connectivity index (χ1) is 11.5. The van der Waals surface area contributed by atoms with E-state index in [0.29, 0.717) is 29.7 Å². The van der Waals surface area contributed by atoms with Gasteiger partial charge in [-0.25, -0.2) is 9.97 Å². The van der Waals surface area contributed by atoms with Gasteiger partial charge in [-0.2, -0.15) is 18.3 Å². The first kappa shape index (κ1) is 14.9. The maximum atomic E-state index is 12.5. The molecule has 3 aromatic heterocycles. The summed E-state index contributed by atoms with van der Waals surface area (Å²) in [4.78, 5) is 10.4. The van der Waals surface area contributed by atoms with Gasteiger partial charge in [-0.3, -0.25) is 14.4 Å². The minimum absolute atomic E-state index is 0.0227. The van der Waals surface area contributed by atoms with Gasteiger partial charge in [0.25, 0.3) is 0 Å². The third-order valence-corrected chi connectivity index (χ3v) is 3.98. The Bertz CT molecular complexity index is 834. The van der Waals surface area contributed by atoms with Crippen LogP contribution in [0.5, 0.6) is 0 Å². The molecular formula is C14H14F3N7. The molecule has 3 aromatic rings. The van der Waals surface area contributed by atoms with Gasteiger partial charge >= 0.3 is 6.18 Å². The minimum Gasteiger partial charge on any atom is -0.310 e. The zero-order valence-corrected chi connectivity index (χ0v) is 12.5. The van der Waals surface area contributed by atoms with E-state index in [0.717, 1.165) is 0 Å². The Morgan fingerprint density at radius 1 is 1.25 bits per heavy atom. The van der Waals surface area contributed by atoms with Gasteiger partial charge in [-0.15, -0.1) is 0 Å². The van der Waals surface area contributed by atoms with E-state index < -0.39 is 12.1 Å². The maximum absolute atomic E-state index is 12.5. The second-order valence-electron chi connectivity index (χ2n) is 5.76. The number of likely N-dealkylation sites (tertiary alicyclic amines) is 1. The van der Waals surface area contributed by atoms with Crippen molar-refractivity contribution >= 4 is 17.4 Å². The number of rotatable bonds is 4. The fourth-order valence-corrected chi connectivity index (χ4v) is 2.72. The van der Waals surface area contributed by atoms with Crippen molar-refractivity contribution in [1.29, 1.82) is 0 Å². The molecule has 0 spiro atoms. The summed E-state index contributed by atoms with van der Waals surface area (Å²) in [7, 11) is 0. The monoisotopic (exact) mass is 337 g/mol. The van der Waals surface area contributed by atoms with Crippen LogP contribution >= 0.6 is 0 Å². The summed E-state index contributed by atoms with van der Waals surface area (Å²) in [6.07, 6.45) is 0.902. The quantitative estimate of drug-likeness (QED) is 0.763. The molecular weight excluding hydrogens is 323 g/mol. The number of alkyl halides is 3. The molecule has 0 amide bonds. The smallest absolute Gasteiger partial charge is 0.310 e. The Morgan fingerprint density at radius 2 is 2.08 bits per heavy atom. The molecule has 1 saturated heterocycles. The topological polar surface area (TPSA) is 74.1 Å². The van der Waals surface area contributed by atoms with E-state index in [4.69, 9.17) is 0 Å². The van der Waals surface area contributed by atoms with Crippen molar-refractivity contribution in [3.63, 3.8) is 0 Å². The number of hydrogen-bond acceptors (Lipinski definition) is 5. The number of nitrogens with zero attached hydrogens (tertiary/aromatic N) is 5. The summed E-state index contributed by atoms with van der Waals surface area (Å²) < 4.78 is 39.4. The van der Waals surface area contributed by atoms with Crippen LogP contribution in [-0.2, 0) is 6.54 Å². The number of imidazole rings is 1. The van der Waals surface area contributed by atoms with Gasteiger partial charge in [0.2, 0.25) is 5.95 Å². The number of hydrogen-bond donors (Lipinski definition) is 2. The van der Waals surface area contributed by atoms with Crippen molar-refractivity contribution in [2.75, 3.05) is 18.4 Å². The Hall–Kier alpha value is -2.62. The highest BCUT2D eigenvalue weighted by Gasteiger charge is 2.46. The molecule has 0 aliphatic carbocycles. The summed E-state index contributed by atoms with van der Waals surface area (Å²) in [5, 5.41) is 9.71. The van der Waals surface area contributed by atoms with Gasteiger partial charge in [0.15, 0.2) is 0 Å². The second kappa shape index (κ2) is 5.48. The average molecular weight is 337 g/mol. The SMILES string of the molecule is FC(F)(F)C1CN(Cc2cn3c(Nc4ccn[nH]4)nccc3n2)C1. The standard InChI is InChI=1S/C14H14F3N7/c15-14(16,17)9-5-23(6-9)7-10-8-24-12(20-10)2-3-18-13(24)21-11-1-4-19-22-11/h1-4,8-9H,5-7H2,(H2,18,19,21,22). The average Bonchev–Trinajstić information content (AvgIpc) is 3.10. The van der Waals surface area contributed by atoms with Crippen molar-refractivity contribution < 1.29 is 13.2 Å². The number of aromatic amines is 1. The van der Waals surface area contributed by atoms with E-state index in [1.54, 1.807) is 40.0 Å². The number of halogens is 3. The van der Waals surface area contributed by atoms with Crippen molar-refractivity contribution in [3.8, 4) is 0 Å². The van der Waals surface area contributed by atoms with Crippen molar-refractivity contribution in [3.05, 3.63) is 36.4 Å². The van der Waals surface area contributed by atoms with Crippen LogP contribution in [-0.4, -0.2) is 48.7 Å². The number of aromatic nitrogens is 5. The molecule has 0 unspecified atom stereocenters. The predicted molar refractivity (Wildman–Crippen MR) is 79.7 cm³/mol. The number of anilines is 2. The van der Waals surface area contributed by atoms with Gasteiger partial charge < -0.3 is 5.32 Å². The summed E-state index contributed by atoms with van der Waals surface area (Å²) in [5.41, 5.74) is 1.38. The van der Waals surface area contributed by atoms with E-state index in [2.05, 4.69) is 25.5 Å². The molecule has 0 bridgehead atoms. The molecule has 1 aliphatic heterocycles. The lowest BCUT2D eigenvalue weighted by molar-refractivity contribution is -0.210. The maximum Gasteiger partial charge on any atom is 0.394 e. The Morgan fingerprint density at radius 3 is 2.79 bits per heavy atom. The lowest BCUT2D eigenvalue weighted by Crippen LogP contribution is -2.52. The highest BCUT2D eigenvalue weighted by Crippen LogP contribution is 2.34. The Balaban J connectivity index is 1.50. The molecule has 1 aliphatic rings. The van der Waals surface area contributed by atoms with Gasteiger partial charge in [0.05, 0.1) is 17.8 Å². The third-order valence-electron chi connectivity index (χ3n) is 3.98. The van der Waals surface area contributed by atoms with E-state index >= 15 is 0 Å². The lowest BCUT2D eigenvalue weighted by atomic mass is 10.00. The molecule has 126 valence electrons. The second-order valence-corrected chi connectivity index (χ2v) is 5.76. The Labute approximate surface area is 134 Å². The molecule has 2 N–H and O–H groups in total. The molecule has 24 heavy (non-hydrogen) atoms. The largest absolute Gasteiger partial charge is 0.394 e. The van der Waals surface area contributed by atoms with Crippen LogP contribution in [0, 0.1) is 5.92 Å². The van der Waals surface area contributed by atoms with Crippen LogP contribution in [0.25, 0.3) is 5.65 Å². The van der Waals surface area contributed by atoms with Crippen LogP contribution in [0.2, 0.25) is 0 Å². The van der Waals surface area contributed by atoms with Gasteiger partial charge in [0, 0.05) is 38.1 Å². The molecule has 1 fully saturated rings. The van der Waals surface area contributed by atoms with E-state index in [1.807, 2.05) is 0 Å². The van der Waals surface area contributed by atoms with Crippen LogP contribution < -0.4 is 5.32 Å². The van der Waals surface area contributed by atoms with Crippen LogP contribution in [0.1, 0.15) is 5.69 Å². The molecule has 7 nitrogen and oxygen atoms in total. The van der Waals surface area contributed by atoms with E-state index in [9.17, 15) is 13.2 Å².